The molecule has 0 aliphatic rings. The third kappa shape index (κ3) is 1.62. The van der Waals surface area contributed by atoms with E-state index >= 15 is 0 Å². The topological polar surface area (TPSA) is 51.1 Å². The summed E-state index contributed by atoms with van der Waals surface area (Å²) in [5.41, 5.74) is 0.522. The minimum atomic E-state index is -1.21. The standard InChI is InChI=1S/C7H10N2O2S/c1-8-12(11)7-3-6(5-10)9(2)4-7/h3-5,8H,1-2H3. The van der Waals surface area contributed by atoms with Crippen LogP contribution in [0.2, 0.25) is 0 Å². The van der Waals surface area contributed by atoms with E-state index in [2.05, 4.69) is 4.72 Å². The van der Waals surface area contributed by atoms with Gasteiger partial charge in [-0.25, -0.2) is 8.93 Å². The Hall–Kier alpha value is -0.940. The van der Waals surface area contributed by atoms with Crippen molar-refractivity contribution in [2.45, 2.75) is 4.90 Å². The van der Waals surface area contributed by atoms with Crippen LogP contribution in [-0.2, 0) is 18.0 Å². The van der Waals surface area contributed by atoms with Crippen LogP contribution in [0.15, 0.2) is 17.2 Å². The smallest absolute Gasteiger partial charge is 0.166 e. The zero-order valence-electron chi connectivity index (χ0n) is 6.90. The highest BCUT2D eigenvalue weighted by Gasteiger charge is 2.06. The summed E-state index contributed by atoms with van der Waals surface area (Å²) in [6, 6.07) is 1.60. The quantitative estimate of drug-likeness (QED) is 0.680. The molecule has 1 heterocycles. The van der Waals surface area contributed by atoms with Gasteiger partial charge in [0.1, 0.15) is 11.0 Å². The Morgan fingerprint density at radius 3 is 2.75 bits per heavy atom. The molecule has 0 fully saturated rings. The van der Waals surface area contributed by atoms with Gasteiger partial charge in [0.05, 0.1) is 10.6 Å². The average molecular weight is 186 g/mol. The molecule has 5 heteroatoms. The SMILES string of the molecule is CNS(=O)c1cc(C=O)n(C)c1. The van der Waals surface area contributed by atoms with Gasteiger partial charge >= 0.3 is 0 Å². The molecule has 1 atom stereocenters. The maximum absolute atomic E-state index is 11.2. The fraction of sp³-hybridized carbons (Fsp3) is 0.286. The third-order valence-corrected chi connectivity index (χ3v) is 2.56. The van der Waals surface area contributed by atoms with Crippen LogP contribution in [0.5, 0.6) is 0 Å². The summed E-state index contributed by atoms with van der Waals surface area (Å²) in [7, 11) is 2.13. The van der Waals surface area contributed by atoms with Crippen molar-refractivity contribution >= 4 is 17.3 Å². The average Bonchev–Trinajstić information content (AvgIpc) is 2.45. The van der Waals surface area contributed by atoms with Crippen molar-refractivity contribution in [3.05, 3.63) is 18.0 Å². The second-order valence-corrected chi connectivity index (χ2v) is 3.72. The Morgan fingerprint density at radius 2 is 2.33 bits per heavy atom. The lowest BCUT2D eigenvalue weighted by Crippen LogP contribution is -2.09. The second kappa shape index (κ2) is 3.64. The Kier molecular flexibility index (Phi) is 2.78. The predicted molar refractivity (Wildman–Crippen MR) is 46.3 cm³/mol. The van der Waals surface area contributed by atoms with Crippen LogP contribution in [0, 0.1) is 0 Å². The summed E-state index contributed by atoms with van der Waals surface area (Å²) in [6.07, 6.45) is 2.40. The first kappa shape index (κ1) is 9.15. The summed E-state index contributed by atoms with van der Waals surface area (Å²) in [5, 5.41) is 0. The fourth-order valence-corrected chi connectivity index (χ4v) is 1.60. The van der Waals surface area contributed by atoms with E-state index in [1.54, 1.807) is 30.9 Å². The molecule has 0 saturated carbocycles. The molecule has 0 saturated heterocycles. The van der Waals surface area contributed by atoms with Crippen LogP contribution in [0.3, 0.4) is 0 Å². The molecule has 1 unspecified atom stereocenters. The van der Waals surface area contributed by atoms with E-state index < -0.39 is 11.0 Å². The molecule has 1 aromatic rings. The van der Waals surface area contributed by atoms with Gasteiger partial charge in [-0.1, -0.05) is 0 Å². The Balaban J connectivity index is 3.04. The zero-order chi connectivity index (χ0) is 9.14. The fourth-order valence-electron chi connectivity index (χ4n) is 0.887. The lowest BCUT2D eigenvalue weighted by atomic mass is 10.5. The van der Waals surface area contributed by atoms with Crippen LogP contribution < -0.4 is 4.72 Å². The number of nitrogens with zero attached hydrogens (tertiary/aromatic N) is 1. The number of carbonyl (C=O) groups is 1. The van der Waals surface area contributed by atoms with Gasteiger partial charge in [0.25, 0.3) is 0 Å². The maximum atomic E-state index is 11.2. The van der Waals surface area contributed by atoms with E-state index in [9.17, 15) is 9.00 Å². The van der Waals surface area contributed by atoms with Crippen LogP contribution >= 0.6 is 0 Å². The van der Waals surface area contributed by atoms with E-state index in [0.717, 1.165) is 6.29 Å². The number of aryl methyl sites for hydroxylation is 1. The van der Waals surface area contributed by atoms with E-state index in [0.29, 0.717) is 10.6 Å². The van der Waals surface area contributed by atoms with Crippen molar-refractivity contribution < 1.29 is 9.00 Å². The van der Waals surface area contributed by atoms with E-state index in [-0.39, 0.29) is 0 Å². The minimum Gasteiger partial charge on any atom is -0.347 e. The molecule has 0 aliphatic carbocycles. The first-order valence-corrected chi connectivity index (χ1v) is 4.54. The maximum Gasteiger partial charge on any atom is 0.166 e. The highest BCUT2D eigenvalue weighted by molar-refractivity contribution is 7.83. The number of carbonyl (C=O) groups excluding carboxylic acids is 1. The number of aromatic nitrogens is 1. The van der Waals surface area contributed by atoms with E-state index in [1.165, 1.54) is 0 Å². The second-order valence-electron chi connectivity index (χ2n) is 2.30. The normalized spacial score (nSPS) is 12.8. The van der Waals surface area contributed by atoms with Crippen molar-refractivity contribution in [1.29, 1.82) is 0 Å². The highest BCUT2D eigenvalue weighted by Crippen LogP contribution is 2.07. The monoisotopic (exact) mass is 186 g/mol. The molecule has 0 radical (unpaired) electrons. The first-order chi connectivity index (χ1) is 5.69. The molecular weight excluding hydrogens is 176 g/mol. The van der Waals surface area contributed by atoms with Crippen LogP contribution in [0.25, 0.3) is 0 Å². The Labute approximate surface area is 73.2 Å². The van der Waals surface area contributed by atoms with Crippen LogP contribution in [-0.4, -0.2) is 22.1 Å². The summed E-state index contributed by atoms with van der Waals surface area (Å²) in [5.74, 6) is 0. The molecule has 66 valence electrons. The molecule has 1 N–H and O–H groups in total. The zero-order valence-corrected chi connectivity index (χ0v) is 7.72. The van der Waals surface area contributed by atoms with Crippen molar-refractivity contribution in [1.82, 2.24) is 9.29 Å². The summed E-state index contributed by atoms with van der Waals surface area (Å²) in [4.78, 5) is 11.0. The number of nitrogens with one attached hydrogen (secondary N) is 1. The molecule has 0 bridgehead atoms. The first-order valence-electron chi connectivity index (χ1n) is 3.39. The number of hydrogen-bond donors (Lipinski definition) is 1. The molecule has 12 heavy (non-hydrogen) atoms. The lowest BCUT2D eigenvalue weighted by molar-refractivity contribution is 0.111. The summed E-state index contributed by atoms with van der Waals surface area (Å²) in [6.45, 7) is 0. The van der Waals surface area contributed by atoms with E-state index in [4.69, 9.17) is 0 Å². The number of rotatable bonds is 3. The molecule has 1 rings (SSSR count). The Morgan fingerprint density at radius 1 is 1.67 bits per heavy atom. The third-order valence-electron chi connectivity index (χ3n) is 1.54. The van der Waals surface area contributed by atoms with Gasteiger partial charge < -0.3 is 4.57 Å². The molecule has 1 aromatic heterocycles. The van der Waals surface area contributed by atoms with E-state index in [1.807, 2.05) is 0 Å². The van der Waals surface area contributed by atoms with Crippen molar-refractivity contribution in [3.63, 3.8) is 0 Å². The highest BCUT2D eigenvalue weighted by atomic mass is 32.2. The minimum absolute atomic E-state index is 0.522. The molecule has 0 aliphatic heterocycles. The molecule has 0 amide bonds. The lowest BCUT2D eigenvalue weighted by Gasteiger charge is -1.92. The molecule has 0 spiro atoms. The predicted octanol–water partition coefficient (Wildman–Crippen LogP) is 0.0796. The molecule has 0 aromatic carbocycles. The van der Waals surface area contributed by atoms with Gasteiger partial charge in [0, 0.05) is 13.2 Å². The van der Waals surface area contributed by atoms with Crippen molar-refractivity contribution in [2.24, 2.45) is 7.05 Å². The van der Waals surface area contributed by atoms with Crippen LogP contribution in [0.1, 0.15) is 10.5 Å². The van der Waals surface area contributed by atoms with Crippen molar-refractivity contribution in [2.75, 3.05) is 7.05 Å². The molecular formula is C7H10N2O2S. The van der Waals surface area contributed by atoms with Gasteiger partial charge in [-0.05, 0) is 13.1 Å². The van der Waals surface area contributed by atoms with Gasteiger partial charge in [0.2, 0.25) is 0 Å². The van der Waals surface area contributed by atoms with Gasteiger partial charge in [-0.2, -0.15) is 0 Å². The summed E-state index contributed by atoms with van der Waals surface area (Å²) >= 11 is 0. The Bertz CT molecular complexity index is 319. The van der Waals surface area contributed by atoms with Crippen LogP contribution in [0.4, 0.5) is 0 Å². The number of aldehydes is 1. The van der Waals surface area contributed by atoms with Gasteiger partial charge in [-0.15, -0.1) is 0 Å². The number of hydrogen-bond acceptors (Lipinski definition) is 2. The van der Waals surface area contributed by atoms with Crippen molar-refractivity contribution in [3.8, 4) is 0 Å². The molecule has 4 nitrogen and oxygen atoms in total. The summed E-state index contributed by atoms with van der Waals surface area (Å²) < 4.78 is 15.4. The van der Waals surface area contributed by atoms with Gasteiger partial charge in [0.15, 0.2) is 6.29 Å². The largest absolute Gasteiger partial charge is 0.347 e. The van der Waals surface area contributed by atoms with Gasteiger partial charge in [-0.3, -0.25) is 4.79 Å².